The van der Waals surface area contributed by atoms with Crippen molar-refractivity contribution in [1.29, 1.82) is 0 Å². The molecular formula is C15H23NO5P-. The first-order chi connectivity index (χ1) is 10.2. The van der Waals surface area contributed by atoms with Gasteiger partial charge in [0.2, 0.25) is 0 Å². The van der Waals surface area contributed by atoms with E-state index in [0.717, 1.165) is 5.56 Å². The van der Waals surface area contributed by atoms with Crippen molar-refractivity contribution in [2.75, 3.05) is 6.61 Å². The van der Waals surface area contributed by atoms with E-state index in [4.69, 9.17) is 4.52 Å². The van der Waals surface area contributed by atoms with Crippen LogP contribution in [0, 0.1) is 11.8 Å². The zero-order valence-electron chi connectivity index (χ0n) is 12.9. The Morgan fingerprint density at radius 1 is 1.32 bits per heavy atom. The quantitative estimate of drug-likeness (QED) is 0.629. The molecule has 6 nitrogen and oxygen atoms in total. The largest absolute Gasteiger partial charge is 0.774 e. The summed E-state index contributed by atoms with van der Waals surface area (Å²) in [6.45, 7) is 3.31. The first-order valence-electron chi connectivity index (χ1n) is 7.25. The summed E-state index contributed by atoms with van der Waals surface area (Å²) in [5, 5.41) is 11.0. The summed E-state index contributed by atoms with van der Waals surface area (Å²) in [5.41, 5.74) is 4.46. The number of hydrogen-bond donors (Lipinski definition) is 1. The molecule has 3 atom stereocenters. The van der Waals surface area contributed by atoms with Crippen LogP contribution in [0.2, 0.25) is 0 Å². The minimum absolute atomic E-state index is 0.109. The van der Waals surface area contributed by atoms with Gasteiger partial charge in [-0.15, -0.1) is 0 Å². The third-order valence-corrected chi connectivity index (χ3v) is 4.89. The van der Waals surface area contributed by atoms with Crippen molar-refractivity contribution in [3.05, 3.63) is 35.9 Å². The molecule has 7 heteroatoms. The van der Waals surface area contributed by atoms with E-state index >= 15 is 0 Å². The van der Waals surface area contributed by atoms with Gasteiger partial charge in [-0.05, 0) is 17.9 Å². The van der Waals surface area contributed by atoms with E-state index in [1.807, 2.05) is 32.0 Å². The highest BCUT2D eigenvalue weighted by atomic mass is 31.2. The second-order valence-electron chi connectivity index (χ2n) is 5.82. The number of carbonyl (C=O) groups is 1. The zero-order valence-corrected chi connectivity index (χ0v) is 13.8. The third-order valence-electron chi connectivity index (χ3n) is 3.31. The van der Waals surface area contributed by atoms with E-state index in [1.54, 1.807) is 12.1 Å². The summed E-state index contributed by atoms with van der Waals surface area (Å²) in [7, 11) is -4.24. The van der Waals surface area contributed by atoms with Crippen molar-refractivity contribution in [3.8, 4) is 0 Å². The van der Waals surface area contributed by atoms with Crippen molar-refractivity contribution < 1.29 is 29.6 Å². The molecule has 0 aliphatic heterocycles. The maximum Gasteiger partial charge on any atom is 0.193 e. The number of benzene rings is 1. The predicted octanol–water partition coefficient (Wildman–Crippen LogP) is -0.221. The van der Waals surface area contributed by atoms with Crippen molar-refractivity contribution in [1.82, 2.24) is 0 Å². The molecule has 0 heterocycles. The average Bonchev–Trinajstić information content (AvgIpc) is 2.43. The van der Waals surface area contributed by atoms with Crippen LogP contribution in [-0.2, 0) is 20.3 Å². The van der Waals surface area contributed by atoms with Crippen LogP contribution in [0.15, 0.2) is 30.3 Å². The van der Waals surface area contributed by atoms with Crippen LogP contribution in [0.5, 0.6) is 0 Å². The first kappa shape index (κ1) is 18.8. The van der Waals surface area contributed by atoms with Gasteiger partial charge >= 0.3 is 0 Å². The Labute approximate surface area is 130 Å². The second-order valence-corrected chi connectivity index (χ2v) is 7.89. The van der Waals surface area contributed by atoms with E-state index in [2.05, 4.69) is 5.73 Å². The van der Waals surface area contributed by atoms with Crippen molar-refractivity contribution in [2.45, 2.75) is 32.5 Å². The Hall–Kier alpha value is -1.20. The van der Waals surface area contributed by atoms with Crippen molar-refractivity contribution in [3.63, 3.8) is 0 Å². The van der Waals surface area contributed by atoms with Gasteiger partial charge in [0, 0.05) is 18.3 Å². The van der Waals surface area contributed by atoms with E-state index in [1.165, 1.54) is 0 Å². The van der Waals surface area contributed by atoms with Gasteiger partial charge in [-0.3, -0.25) is 0 Å². The molecule has 0 saturated heterocycles. The van der Waals surface area contributed by atoms with Gasteiger partial charge in [-0.2, -0.15) is 0 Å². The topological polar surface area (TPSA) is 117 Å². The monoisotopic (exact) mass is 328 g/mol. The van der Waals surface area contributed by atoms with Crippen LogP contribution in [0.3, 0.4) is 0 Å². The van der Waals surface area contributed by atoms with Crippen molar-refractivity contribution >= 4 is 13.6 Å². The lowest BCUT2D eigenvalue weighted by atomic mass is 9.98. The molecule has 0 aliphatic rings. The summed E-state index contributed by atoms with van der Waals surface area (Å²) < 4.78 is 17.0. The highest BCUT2D eigenvalue weighted by molar-refractivity contribution is 7.51. The molecule has 0 aliphatic carbocycles. The van der Waals surface area contributed by atoms with Crippen LogP contribution in [0.25, 0.3) is 0 Å². The van der Waals surface area contributed by atoms with Gasteiger partial charge in [0.15, 0.2) is 13.4 Å². The summed E-state index contributed by atoms with van der Waals surface area (Å²) in [4.78, 5) is 23.1. The number of rotatable bonds is 9. The summed E-state index contributed by atoms with van der Waals surface area (Å²) in [6.07, 6.45) is 0.532. The average molecular weight is 328 g/mol. The van der Waals surface area contributed by atoms with Gasteiger partial charge < -0.3 is 29.6 Å². The first-order valence-corrected chi connectivity index (χ1v) is 8.86. The van der Waals surface area contributed by atoms with Gasteiger partial charge in [-0.1, -0.05) is 44.2 Å². The minimum atomic E-state index is -4.24. The molecule has 124 valence electrons. The molecule has 1 aromatic rings. The maximum atomic E-state index is 12.1. The SMILES string of the molecule is CC(C)C[C@H](COP(=O)([O-])C([NH3+])Cc1ccccc1)C(=O)[O-]. The number of carboxylic acids is 1. The Morgan fingerprint density at radius 3 is 2.41 bits per heavy atom. The molecule has 0 saturated carbocycles. The molecule has 0 aromatic heterocycles. The van der Waals surface area contributed by atoms with Gasteiger partial charge in [0.1, 0.15) is 0 Å². The molecule has 1 aromatic carbocycles. The van der Waals surface area contributed by atoms with E-state index in [9.17, 15) is 19.4 Å². The minimum Gasteiger partial charge on any atom is -0.774 e. The third kappa shape index (κ3) is 6.28. The molecule has 2 unspecified atom stereocenters. The van der Waals surface area contributed by atoms with E-state index in [0.29, 0.717) is 6.42 Å². The summed E-state index contributed by atoms with van der Waals surface area (Å²) >= 11 is 0. The number of hydrogen-bond acceptors (Lipinski definition) is 5. The standard InChI is InChI=1S/C15H24NO5P/c1-11(2)8-13(15(17)18)10-21-22(19,20)14(16)9-12-6-4-3-5-7-12/h3-7,11,13-14H,8-10,16H2,1-2H3,(H,17,18)(H,19,20)/p-1/t13-,14?/m1/s1. The lowest BCUT2D eigenvalue weighted by Gasteiger charge is -2.29. The van der Waals surface area contributed by atoms with Crippen LogP contribution < -0.4 is 15.7 Å². The molecule has 3 N–H and O–H groups in total. The van der Waals surface area contributed by atoms with Crippen molar-refractivity contribution in [2.24, 2.45) is 11.8 Å². The predicted molar refractivity (Wildman–Crippen MR) is 78.3 cm³/mol. The van der Waals surface area contributed by atoms with Crippen LogP contribution >= 0.6 is 7.60 Å². The lowest BCUT2D eigenvalue weighted by Crippen LogP contribution is -2.63. The number of carbonyl (C=O) groups excluding carboxylic acids is 1. The van der Waals surface area contributed by atoms with Crippen LogP contribution in [0.1, 0.15) is 25.8 Å². The zero-order chi connectivity index (χ0) is 16.8. The maximum absolute atomic E-state index is 12.1. The smallest absolute Gasteiger partial charge is 0.193 e. The molecule has 22 heavy (non-hydrogen) atoms. The number of quaternary nitrogens is 1. The summed E-state index contributed by atoms with van der Waals surface area (Å²) in [5.74, 6) is -3.09. The highest BCUT2D eigenvalue weighted by Gasteiger charge is 2.25. The molecule has 1 rings (SSSR count). The lowest BCUT2D eigenvalue weighted by molar-refractivity contribution is -0.405. The van der Waals surface area contributed by atoms with Gasteiger partial charge in [0.25, 0.3) is 0 Å². The fourth-order valence-corrected chi connectivity index (χ4v) is 3.13. The molecule has 0 bridgehead atoms. The highest BCUT2D eigenvalue weighted by Crippen LogP contribution is 2.41. The molecular weight excluding hydrogens is 305 g/mol. The van der Waals surface area contributed by atoms with Gasteiger partial charge in [0.05, 0.1) is 6.61 Å². The Bertz CT molecular complexity index is 520. The Kier molecular flexibility index (Phi) is 7.23. The van der Waals surface area contributed by atoms with Crippen LogP contribution in [0.4, 0.5) is 0 Å². The Morgan fingerprint density at radius 2 is 1.91 bits per heavy atom. The fourth-order valence-electron chi connectivity index (χ4n) is 2.10. The van der Waals surface area contributed by atoms with Crippen LogP contribution in [-0.4, -0.2) is 18.4 Å². The number of aliphatic carboxylic acids is 1. The molecule has 0 amide bonds. The number of carboxylic acid groups (broad SMARTS) is 1. The van der Waals surface area contributed by atoms with Gasteiger partial charge in [-0.25, -0.2) is 0 Å². The Balaban J connectivity index is 2.61. The second kappa shape index (κ2) is 8.44. The molecule has 0 radical (unpaired) electrons. The van der Waals surface area contributed by atoms with E-state index in [-0.39, 0.29) is 12.3 Å². The summed E-state index contributed by atoms with van der Waals surface area (Å²) in [6, 6.07) is 9.08. The normalized spacial score (nSPS) is 17.0. The molecule has 0 fully saturated rings. The molecule has 0 spiro atoms. The fraction of sp³-hybridized carbons (Fsp3) is 0.533. The van der Waals surface area contributed by atoms with E-state index < -0.39 is 31.9 Å².